The van der Waals surface area contributed by atoms with Crippen molar-refractivity contribution in [2.24, 2.45) is 11.1 Å². The summed E-state index contributed by atoms with van der Waals surface area (Å²) in [6.45, 7) is 2.32. The van der Waals surface area contributed by atoms with Gasteiger partial charge in [0.15, 0.2) is 0 Å². The minimum Gasteiger partial charge on any atom is -0.327 e. The lowest BCUT2D eigenvalue weighted by Gasteiger charge is -2.38. The smallest absolute Gasteiger partial charge is 0.0482 e. The average Bonchev–Trinajstić information content (AvgIpc) is 3.05. The largest absolute Gasteiger partial charge is 0.327 e. The van der Waals surface area contributed by atoms with E-state index < -0.39 is 0 Å². The summed E-state index contributed by atoms with van der Waals surface area (Å²) in [6, 6.07) is 4.58. The predicted molar refractivity (Wildman–Crippen MR) is 74.5 cm³/mol. The Bertz CT molecular complexity index is 421. The molecule has 2 unspecified atom stereocenters. The van der Waals surface area contributed by atoms with E-state index in [4.69, 9.17) is 5.73 Å². The van der Waals surface area contributed by atoms with Crippen molar-refractivity contribution in [3.63, 3.8) is 0 Å². The molecule has 1 saturated carbocycles. The van der Waals surface area contributed by atoms with E-state index in [1.54, 1.807) is 0 Å². The fourth-order valence-corrected chi connectivity index (χ4v) is 4.22. The van der Waals surface area contributed by atoms with Crippen LogP contribution in [0.2, 0.25) is 0 Å². The Kier molecular flexibility index (Phi) is 3.14. The first kappa shape index (κ1) is 12.2. The maximum Gasteiger partial charge on any atom is 0.0482 e. The van der Waals surface area contributed by atoms with Gasteiger partial charge in [-0.1, -0.05) is 25.8 Å². The third kappa shape index (κ3) is 1.78. The first-order valence-electron chi connectivity index (χ1n) is 7.46. The van der Waals surface area contributed by atoms with Gasteiger partial charge in [0.25, 0.3) is 0 Å². The number of pyridine rings is 1. The van der Waals surface area contributed by atoms with Gasteiger partial charge in [0.05, 0.1) is 0 Å². The highest BCUT2D eigenvalue weighted by Gasteiger charge is 2.43. The van der Waals surface area contributed by atoms with Crippen molar-refractivity contribution in [1.29, 1.82) is 0 Å². The highest BCUT2D eigenvalue weighted by molar-refractivity contribution is 5.30. The first-order valence-corrected chi connectivity index (χ1v) is 7.46. The highest BCUT2D eigenvalue weighted by atomic mass is 14.8. The molecule has 2 atom stereocenters. The molecule has 2 nitrogen and oxygen atoms in total. The molecule has 0 spiro atoms. The molecule has 0 saturated heterocycles. The van der Waals surface area contributed by atoms with Crippen molar-refractivity contribution in [2.45, 2.75) is 63.8 Å². The molecule has 1 aromatic rings. The van der Waals surface area contributed by atoms with Gasteiger partial charge in [-0.25, -0.2) is 0 Å². The van der Waals surface area contributed by atoms with E-state index in [0.29, 0.717) is 17.4 Å². The molecule has 0 aliphatic heterocycles. The predicted octanol–water partition coefficient (Wildman–Crippen LogP) is 3.41. The molecule has 0 aromatic carbocycles. The third-order valence-electron chi connectivity index (χ3n) is 5.45. The lowest BCUT2D eigenvalue weighted by molar-refractivity contribution is 0.192. The Morgan fingerprint density at radius 3 is 2.94 bits per heavy atom. The molecule has 3 rings (SSSR count). The van der Waals surface area contributed by atoms with E-state index in [1.165, 1.54) is 56.2 Å². The number of rotatable bonds is 3. The molecular weight excluding hydrogens is 220 g/mol. The van der Waals surface area contributed by atoms with Crippen LogP contribution < -0.4 is 5.73 Å². The third-order valence-corrected chi connectivity index (χ3v) is 5.45. The van der Waals surface area contributed by atoms with E-state index >= 15 is 0 Å². The number of hydrogen-bond acceptors (Lipinski definition) is 2. The van der Waals surface area contributed by atoms with E-state index in [0.717, 1.165) is 0 Å². The summed E-state index contributed by atoms with van der Waals surface area (Å²) in [5, 5.41) is 0. The number of aromatic nitrogens is 1. The standard InChI is InChI=1S/C16H24N2/c1-2-16(9-3-4-10-16)15(17)13-8-7-12-6-5-11-18-14(12)13/h5-6,11,13,15H,2-4,7-10,17H2,1H3. The van der Waals surface area contributed by atoms with Crippen LogP contribution in [-0.2, 0) is 6.42 Å². The van der Waals surface area contributed by atoms with Crippen LogP contribution in [-0.4, -0.2) is 11.0 Å². The van der Waals surface area contributed by atoms with Crippen molar-refractivity contribution in [1.82, 2.24) is 4.98 Å². The Hall–Kier alpha value is -0.890. The number of nitrogens with zero attached hydrogens (tertiary/aromatic N) is 1. The first-order chi connectivity index (χ1) is 8.77. The van der Waals surface area contributed by atoms with Crippen molar-refractivity contribution in [2.75, 3.05) is 0 Å². The lowest BCUT2D eigenvalue weighted by atomic mass is 9.71. The van der Waals surface area contributed by atoms with Crippen molar-refractivity contribution >= 4 is 0 Å². The summed E-state index contributed by atoms with van der Waals surface area (Å²) in [6.07, 6.45) is 10.9. The van der Waals surface area contributed by atoms with Crippen molar-refractivity contribution in [3.05, 3.63) is 29.6 Å². The lowest BCUT2D eigenvalue weighted by Crippen LogP contribution is -2.43. The Morgan fingerprint density at radius 1 is 1.44 bits per heavy atom. The van der Waals surface area contributed by atoms with Crippen LogP contribution in [0.4, 0.5) is 0 Å². The minimum absolute atomic E-state index is 0.307. The second-order valence-corrected chi connectivity index (χ2v) is 6.14. The van der Waals surface area contributed by atoms with E-state index in [1.807, 2.05) is 6.20 Å². The second kappa shape index (κ2) is 4.65. The van der Waals surface area contributed by atoms with Crippen LogP contribution in [0.15, 0.2) is 18.3 Å². The van der Waals surface area contributed by atoms with Crippen LogP contribution in [0, 0.1) is 5.41 Å². The van der Waals surface area contributed by atoms with Crippen molar-refractivity contribution < 1.29 is 0 Å². The monoisotopic (exact) mass is 244 g/mol. The van der Waals surface area contributed by atoms with E-state index in [2.05, 4.69) is 24.0 Å². The van der Waals surface area contributed by atoms with Crippen molar-refractivity contribution in [3.8, 4) is 0 Å². The zero-order valence-corrected chi connectivity index (χ0v) is 11.4. The summed E-state index contributed by atoms with van der Waals surface area (Å²) < 4.78 is 0. The maximum absolute atomic E-state index is 6.70. The zero-order valence-electron chi connectivity index (χ0n) is 11.4. The van der Waals surface area contributed by atoms with Crippen LogP contribution in [0.5, 0.6) is 0 Å². The zero-order chi connectivity index (χ0) is 12.6. The van der Waals surface area contributed by atoms with Gasteiger partial charge < -0.3 is 5.73 Å². The van der Waals surface area contributed by atoms with Gasteiger partial charge in [0.1, 0.15) is 0 Å². The molecular formula is C16H24N2. The number of fused-ring (bicyclic) bond motifs is 1. The summed E-state index contributed by atoms with van der Waals surface area (Å²) in [5.41, 5.74) is 9.83. The summed E-state index contributed by atoms with van der Waals surface area (Å²) in [4.78, 5) is 4.62. The Labute approximate surface area is 110 Å². The van der Waals surface area contributed by atoms with Gasteiger partial charge in [-0.3, -0.25) is 4.98 Å². The van der Waals surface area contributed by atoms with Gasteiger partial charge in [-0.05, 0) is 49.1 Å². The SMILES string of the molecule is CCC1(C(N)C2CCc3cccnc32)CCCC1. The van der Waals surface area contributed by atoms with Gasteiger partial charge in [-0.15, -0.1) is 0 Å². The molecule has 98 valence electrons. The number of hydrogen-bond donors (Lipinski definition) is 1. The normalized spacial score (nSPS) is 27.1. The van der Waals surface area contributed by atoms with Crippen LogP contribution in [0.3, 0.4) is 0 Å². The maximum atomic E-state index is 6.70. The molecule has 2 aliphatic rings. The number of aryl methyl sites for hydroxylation is 1. The van der Waals surface area contributed by atoms with Gasteiger partial charge in [-0.2, -0.15) is 0 Å². The molecule has 2 N–H and O–H groups in total. The summed E-state index contributed by atoms with van der Waals surface area (Å²) >= 11 is 0. The Morgan fingerprint density at radius 2 is 2.22 bits per heavy atom. The van der Waals surface area contributed by atoms with Crippen LogP contribution in [0.1, 0.15) is 62.6 Å². The molecule has 0 amide bonds. The molecule has 1 heterocycles. The topological polar surface area (TPSA) is 38.9 Å². The second-order valence-electron chi connectivity index (χ2n) is 6.14. The molecule has 2 heteroatoms. The van der Waals surface area contributed by atoms with Crippen LogP contribution in [0.25, 0.3) is 0 Å². The fraction of sp³-hybridized carbons (Fsp3) is 0.688. The summed E-state index contributed by atoms with van der Waals surface area (Å²) in [7, 11) is 0. The van der Waals surface area contributed by atoms with Gasteiger partial charge in [0, 0.05) is 23.9 Å². The highest BCUT2D eigenvalue weighted by Crippen LogP contribution is 2.49. The number of nitrogens with two attached hydrogens (primary N) is 1. The Balaban J connectivity index is 1.88. The molecule has 1 fully saturated rings. The van der Waals surface area contributed by atoms with Gasteiger partial charge >= 0.3 is 0 Å². The quantitative estimate of drug-likeness (QED) is 0.885. The molecule has 18 heavy (non-hydrogen) atoms. The fourth-order valence-electron chi connectivity index (χ4n) is 4.22. The van der Waals surface area contributed by atoms with E-state index in [9.17, 15) is 0 Å². The molecule has 0 bridgehead atoms. The summed E-state index contributed by atoms with van der Waals surface area (Å²) in [5.74, 6) is 0.499. The molecule has 1 aromatic heterocycles. The minimum atomic E-state index is 0.307. The average molecular weight is 244 g/mol. The van der Waals surface area contributed by atoms with Crippen LogP contribution >= 0.6 is 0 Å². The molecule has 0 radical (unpaired) electrons. The van der Waals surface area contributed by atoms with Gasteiger partial charge in [0.2, 0.25) is 0 Å². The van der Waals surface area contributed by atoms with E-state index in [-0.39, 0.29) is 0 Å². The molecule has 2 aliphatic carbocycles.